The molecular formula is C27H38O12. The van der Waals surface area contributed by atoms with Crippen molar-refractivity contribution in [2.75, 3.05) is 6.61 Å². The third-order valence-electron chi connectivity index (χ3n) is 6.27. The number of esters is 4. The minimum Gasteiger partial charge on any atom is -0.463 e. The third kappa shape index (κ3) is 8.99. The number of ketones is 1. The van der Waals surface area contributed by atoms with Crippen molar-refractivity contribution in [1.29, 1.82) is 0 Å². The predicted octanol–water partition coefficient (Wildman–Crippen LogP) is 1.70. The first kappa shape index (κ1) is 32.2. The van der Waals surface area contributed by atoms with Crippen LogP contribution in [-0.2, 0) is 52.4 Å². The summed E-state index contributed by atoms with van der Waals surface area (Å²) >= 11 is 0. The Morgan fingerprint density at radius 1 is 0.872 bits per heavy atom. The summed E-state index contributed by atoms with van der Waals surface area (Å²) in [5.74, 6) is -3.09. The van der Waals surface area contributed by atoms with Gasteiger partial charge in [-0.2, -0.15) is 0 Å². The van der Waals surface area contributed by atoms with E-state index in [0.29, 0.717) is 12.0 Å². The van der Waals surface area contributed by atoms with Crippen molar-refractivity contribution in [3.63, 3.8) is 0 Å². The Labute approximate surface area is 227 Å². The van der Waals surface area contributed by atoms with Gasteiger partial charge in [0.15, 0.2) is 30.4 Å². The second-order valence-corrected chi connectivity index (χ2v) is 10.7. The highest BCUT2D eigenvalue weighted by Gasteiger charge is 2.54. The highest BCUT2D eigenvalue weighted by Crippen LogP contribution is 2.47. The summed E-state index contributed by atoms with van der Waals surface area (Å²) in [6.45, 7) is 10.9. The van der Waals surface area contributed by atoms with E-state index in [0.717, 1.165) is 20.8 Å². The van der Waals surface area contributed by atoms with Crippen LogP contribution in [0.2, 0.25) is 0 Å². The molecule has 12 nitrogen and oxygen atoms in total. The lowest BCUT2D eigenvalue weighted by Gasteiger charge is -2.48. The van der Waals surface area contributed by atoms with Gasteiger partial charge in [-0.1, -0.05) is 13.8 Å². The van der Waals surface area contributed by atoms with Gasteiger partial charge in [-0.15, -0.1) is 5.73 Å². The molecule has 39 heavy (non-hydrogen) atoms. The van der Waals surface area contributed by atoms with Crippen LogP contribution in [0.25, 0.3) is 0 Å². The van der Waals surface area contributed by atoms with E-state index in [1.54, 1.807) is 6.92 Å². The average Bonchev–Trinajstić information content (AvgIpc) is 2.73. The molecule has 2 aliphatic rings. The van der Waals surface area contributed by atoms with Crippen LogP contribution in [0.4, 0.5) is 0 Å². The van der Waals surface area contributed by atoms with E-state index in [2.05, 4.69) is 5.73 Å². The van der Waals surface area contributed by atoms with E-state index < -0.39 is 71.7 Å². The van der Waals surface area contributed by atoms with Crippen LogP contribution in [0.5, 0.6) is 0 Å². The first-order valence-electron chi connectivity index (χ1n) is 12.6. The van der Waals surface area contributed by atoms with Crippen LogP contribution < -0.4 is 0 Å². The van der Waals surface area contributed by atoms with Crippen molar-refractivity contribution in [1.82, 2.24) is 0 Å². The van der Waals surface area contributed by atoms with Crippen molar-refractivity contribution in [3.05, 3.63) is 17.4 Å². The molecule has 0 bridgehead atoms. The number of carbonyl (C=O) groups is 5. The van der Waals surface area contributed by atoms with Crippen LogP contribution in [0.1, 0.15) is 68.2 Å². The Hall–Kier alpha value is -3.05. The zero-order valence-electron chi connectivity index (χ0n) is 23.6. The van der Waals surface area contributed by atoms with Crippen molar-refractivity contribution >= 4 is 29.7 Å². The third-order valence-corrected chi connectivity index (χ3v) is 6.27. The zero-order chi connectivity index (χ0) is 29.7. The molecule has 7 atom stereocenters. The fourth-order valence-corrected chi connectivity index (χ4v) is 5.13. The van der Waals surface area contributed by atoms with Gasteiger partial charge >= 0.3 is 23.9 Å². The number of carbonyl (C=O) groups excluding carboxylic acids is 5. The quantitative estimate of drug-likeness (QED) is 0.200. The molecule has 0 radical (unpaired) electrons. The Bertz CT molecular complexity index is 1020. The van der Waals surface area contributed by atoms with Crippen LogP contribution in [0.3, 0.4) is 0 Å². The molecule has 1 saturated carbocycles. The molecule has 0 amide bonds. The lowest BCUT2D eigenvalue weighted by atomic mass is 9.65. The lowest BCUT2D eigenvalue weighted by Crippen LogP contribution is -2.63. The molecule has 1 heterocycles. The molecule has 1 saturated heterocycles. The maximum absolute atomic E-state index is 12.0. The van der Waals surface area contributed by atoms with E-state index in [1.807, 2.05) is 13.8 Å². The number of rotatable bonds is 8. The van der Waals surface area contributed by atoms with E-state index in [1.165, 1.54) is 19.9 Å². The predicted molar refractivity (Wildman–Crippen MR) is 133 cm³/mol. The van der Waals surface area contributed by atoms with E-state index in [4.69, 9.17) is 28.4 Å². The summed E-state index contributed by atoms with van der Waals surface area (Å²) < 4.78 is 33.6. The fraction of sp³-hybridized carbons (Fsp3) is 0.704. The number of aliphatic hydroxyl groups is 1. The molecule has 0 aromatic carbocycles. The summed E-state index contributed by atoms with van der Waals surface area (Å²) in [6.07, 6.45) is -5.52. The Morgan fingerprint density at radius 2 is 1.41 bits per heavy atom. The smallest absolute Gasteiger partial charge is 0.303 e. The average molecular weight is 555 g/mol. The summed E-state index contributed by atoms with van der Waals surface area (Å²) in [5.41, 5.74) is 1.36. The van der Waals surface area contributed by atoms with Crippen molar-refractivity contribution in [3.8, 4) is 0 Å². The molecule has 0 aromatic heterocycles. The minimum atomic E-state index is -1.42. The zero-order valence-corrected chi connectivity index (χ0v) is 23.6. The Kier molecular flexibility index (Phi) is 10.6. The van der Waals surface area contributed by atoms with Gasteiger partial charge in [0, 0.05) is 45.8 Å². The molecule has 2 rings (SSSR count). The van der Waals surface area contributed by atoms with Gasteiger partial charge in [0.05, 0.1) is 11.7 Å². The Morgan fingerprint density at radius 3 is 1.90 bits per heavy atom. The topological polar surface area (TPSA) is 161 Å². The normalized spacial score (nSPS) is 31.8. The van der Waals surface area contributed by atoms with Crippen molar-refractivity contribution in [2.45, 2.75) is 111 Å². The second kappa shape index (κ2) is 12.9. The van der Waals surface area contributed by atoms with Crippen LogP contribution in [0, 0.1) is 5.41 Å². The molecule has 0 spiro atoms. The highest BCUT2D eigenvalue weighted by atomic mass is 16.7. The van der Waals surface area contributed by atoms with Crippen LogP contribution in [0.15, 0.2) is 17.4 Å². The number of ether oxygens (including phenoxy) is 6. The van der Waals surface area contributed by atoms with Crippen molar-refractivity contribution in [2.24, 2.45) is 5.41 Å². The fourth-order valence-electron chi connectivity index (χ4n) is 5.13. The highest BCUT2D eigenvalue weighted by molar-refractivity contribution is 5.87. The minimum absolute atomic E-state index is 0.0668. The molecule has 218 valence electrons. The maximum Gasteiger partial charge on any atom is 0.303 e. The first-order valence-corrected chi connectivity index (χ1v) is 12.6. The van der Waals surface area contributed by atoms with E-state index in [9.17, 15) is 29.1 Å². The molecular weight excluding hydrogens is 516 g/mol. The number of hydrogen-bond donors (Lipinski definition) is 1. The molecule has 1 aliphatic heterocycles. The van der Waals surface area contributed by atoms with Gasteiger partial charge in [-0.05, 0) is 25.7 Å². The second-order valence-electron chi connectivity index (χ2n) is 10.7. The van der Waals surface area contributed by atoms with Gasteiger partial charge in [0.1, 0.15) is 12.7 Å². The van der Waals surface area contributed by atoms with Gasteiger partial charge in [0.25, 0.3) is 0 Å². The van der Waals surface area contributed by atoms with Gasteiger partial charge in [-0.25, -0.2) is 0 Å². The van der Waals surface area contributed by atoms with E-state index in [-0.39, 0.29) is 18.8 Å². The molecule has 0 aromatic rings. The number of hydrogen-bond acceptors (Lipinski definition) is 12. The summed E-state index contributed by atoms with van der Waals surface area (Å²) in [4.78, 5) is 59.0. The van der Waals surface area contributed by atoms with Gasteiger partial charge in [0.2, 0.25) is 0 Å². The largest absolute Gasteiger partial charge is 0.463 e. The van der Waals surface area contributed by atoms with Crippen molar-refractivity contribution < 1.29 is 57.5 Å². The summed E-state index contributed by atoms with van der Waals surface area (Å²) in [5, 5.41) is 11.3. The molecule has 0 unspecified atom stereocenters. The monoisotopic (exact) mass is 554 g/mol. The van der Waals surface area contributed by atoms with Crippen LogP contribution >= 0.6 is 0 Å². The standard InChI is InChI=1S/C27H38O12/c1-14(28)9-10-21-26(6,7)11-19(12-27(21,8)33)38-25-24(37-18(5)32)23(36-17(4)31)22(35-16(3)30)20(39-25)13-34-15(2)29/h9,19-20,22-25,33H,11-13H2,1-8H3/t10?,19-,20+,22+,23-,24+,25+,27+/m0/s1. The SMILES string of the molecule is CC(=O)C=C=C1C(C)(C)C[C@H](O[C@@H]2O[C@H](COC(C)=O)[C@@H](OC(C)=O)[C@H](OC(C)=O)[C@H]2OC(C)=O)C[C@@]1(C)O. The summed E-state index contributed by atoms with van der Waals surface area (Å²) in [7, 11) is 0. The van der Waals surface area contributed by atoms with Gasteiger partial charge < -0.3 is 33.5 Å². The molecule has 2 fully saturated rings. The summed E-state index contributed by atoms with van der Waals surface area (Å²) in [6, 6.07) is 0. The molecule has 12 heteroatoms. The van der Waals surface area contributed by atoms with Gasteiger partial charge in [-0.3, -0.25) is 24.0 Å². The van der Waals surface area contributed by atoms with Crippen LogP contribution in [-0.4, -0.2) is 83.8 Å². The Balaban J connectivity index is 2.49. The lowest BCUT2D eigenvalue weighted by molar-refractivity contribution is -0.321. The van der Waals surface area contributed by atoms with E-state index >= 15 is 0 Å². The first-order chi connectivity index (χ1) is 17.9. The maximum atomic E-state index is 12.0. The molecule has 1 aliphatic carbocycles. The molecule has 1 N–H and O–H groups in total.